The third-order valence-corrected chi connectivity index (χ3v) is 1.51. The first-order valence-corrected chi connectivity index (χ1v) is 4.48. The average Bonchev–Trinajstić information content (AvgIpc) is 2.08. The molecule has 0 heterocycles. The molecule has 6 nitrogen and oxygen atoms in total. The molecular weight excluding hydrogens is 188 g/mol. The van der Waals surface area contributed by atoms with Crippen molar-refractivity contribution >= 4 is 11.9 Å². The van der Waals surface area contributed by atoms with Gasteiger partial charge in [0, 0.05) is 26.2 Å². The molecule has 0 spiro atoms. The second-order valence-corrected chi connectivity index (χ2v) is 2.79. The number of carbonyl (C=O) groups is 2. The second-order valence-electron chi connectivity index (χ2n) is 2.79. The van der Waals surface area contributed by atoms with Crippen molar-refractivity contribution in [3.05, 3.63) is 0 Å². The fourth-order valence-corrected chi connectivity index (χ4v) is 0.817. The molecular formula is C8H16N2O4. The fraction of sp³-hybridized carbons (Fsp3) is 0.750. The summed E-state index contributed by atoms with van der Waals surface area (Å²) in [5, 5.41) is 22.4. The molecule has 0 fully saturated rings. The average molecular weight is 204 g/mol. The molecule has 0 aliphatic carbocycles. The Bertz CT molecular complexity index is 164. The number of hydrogen-bond donors (Lipinski definition) is 4. The third kappa shape index (κ3) is 10.9. The summed E-state index contributed by atoms with van der Waals surface area (Å²) in [5.41, 5.74) is 0. The van der Waals surface area contributed by atoms with Gasteiger partial charge < -0.3 is 20.8 Å². The number of carboxylic acids is 2. The minimum absolute atomic E-state index is 0.106. The maximum Gasteiger partial charge on any atom is 0.304 e. The fourth-order valence-electron chi connectivity index (χ4n) is 0.817. The van der Waals surface area contributed by atoms with Crippen LogP contribution in [0.15, 0.2) is 0 Å². The Hall–Kier alpha value is -1.14. The second kappa shape index (κ2) is 8.46. The molecule has 0 saturated heterocycles. The van der Waals surface area contributed by atoms with Crippen LogP contribution in [0.3, 0.4) is 0 Å². The van der Waals surface area contributed by atoms with E-state index in [0.29, 0.717) is 26.2 Å². The van der Waals surface area contributed by atoms with Crippen molar-refractivity contribution in [3.63, 3.8) is 0 Å². The number of nitrogens with one attached hydrogen (secondary N) is 2. The quantitative estimate of drug-likeness (QED) is 0.364. The van der Waals surface area contributed by atoms with E-state index in [-0.39, 0.29) is 12.8 Å². The van der Waals surface area contributed by atoms with Gasteiger partial charge in [0.1, 0.15) is 0 Å². The summed E-state index contributed by atoms with van der Waals surface area (Å²) in [6.45, 7) is 2.17. The maximum absolute atomic E-state index is 10.1. The zero-order valence-electron chi connectivity index (χ0n) is 7.95. The van der Waals surface area contributed by atoms with E-state index < -0.39 is 11.9 Å². The van der Waals surface area contributed by atoms with Gasteiger partial charge in [0.2, 0.25) is 0 Å². The lowest BCUT2D eigenvalue weighted by molar-refractivity contribution is -0.137. The normalized spacial score (nSPS) is 10.0. The van der Waals surface area contributed by atoms with Crippen molar-refractivity contribution in [1.82, 2.24) is 10.6 Å². The molecule has 0 saturated carbocycles. The zero-order chi connectivity index (χ0) is 10.8. The van der Waals surface area contributed by atoms with Crippen LogP contribution in [0.25, 0.3) is 0 Å². The van der Waals surface area contributed by atoms with Crippen LogP contribution in [0, 0.1) is 0 Å². The summed E-state index contributed by atoms with van der Waals surface area (Å²) in [7, 11) is 0. The number of carboxylic acid groups (broad SMARTS) is 2. The summed E-state index contributed by atoms with van der Waals surface area (Å²) in [6.07, 6.45) is 0.213. The zero-order valence-corrected chi connectivity index (χ0v) is 7.95. The van der Waals surface area contributed by atoms with Crippen LogP contribution >= 0.6 is 0 Å². The monoisotopic (exact) mass is 204 g/mol. The van der Waals surface area contributed by atoms with Crippen LogP contribution in [-0.2, 0) is 9.59 Å². The highest BCUT2D eigenvalue weighted by Crippen LogP contribution is 1.75. The van der Waals surface area contributed by atoms with E-state index in [2.05, 4.69) is 10.6 Å². The lowest BCUT2D eigenvalue weighted by atomic mass is 10.4. The highest BCUT2D eigenvalue weighted by atomic mass is 16.4. The van der Waals surface area contributed by atoms with E-state index in [1.807, 2.05) is 0 Å². The Morgan fingerprint density at radius 3 is 1.43 bits per heavy atom. The van der Waals surface area contributed by atoms with Gasteiger partial charge in [0.25, 0.3) is 0 Å². The molecule has 0 amide bonds. The summed E-state index contributed by atoms with van der Waals surface area (Å²) in [4.78, 5) is 20.2. The van der Waals surface area contributed by atoms with Crippen molar-refractivity contribution in [2.45, 2.75) is 12.8 Å². The number of hydrogen-bond acceptors (Lipinski definition) is 4. The van der Waals surface area contributed by atoms with Gasteiger partial charge in [0.15, 0.2) is 0 Å². The van der Waals surface area contributed by atoms with Gasteiger partial charge in [-0.1, -0.05) is 0 Å². The lowest BCUT2D eigenvalue weighted by Crippen LogP contribution is -2.29. The summed E-state index contributed by atoms with van der Waals surface area (Å²) < 4.78 is 0. The van der Waals surface area contributed by atoms with Crippen molar-refractivity contribution in [2.75, 3.05) is 26.2 Å². The minimum atomic E-state index is -0.823. The van der Waals surface area contributed by atoms with E-state index in [1.165, 1.54) is 0 Å². The molecule has 0 aliphatic heterocycles. The van der Waals surface area contributed by atoms with E-state index in [1.54, 1.807) is 0 Å². The van der Waals surface area contributed by atoms with Crippen LogP contribution in [0.1, 0.15) is 12.8 Å². The molecule has 6 heteroatoms. The van der Waals surface area contributed by atoms with Crippen LogP contribution in [-0.4, -0.2) is 48.3 Å². The molecule has 0 radical (unpaired) electrons. The van der Waals surface area contributed by atoms with Crippen molar-refractivity contribution < 1.29 is 19.8 Å². The van der Waals surface area contributed by atoms with E-state index in [4.69, 9.17) is 10.2 Å². The summed E-state index contributed by atoms with van der Waals surface area (Å²) in [6, 6.07) is 0. The summed E-state index contributed by atoms with van der Waals surface area (Å²) in [5.74, 6) is -1.65. The first-order valence-electron chi connectivity index (χ1n) is 4.48. The van der Waals surface area contributed by atoms with Crippen LogP contribution in [0.2, 0.25) is 0 Å². The largest absolute Gasteiger partial charge is 0.481 e. The highest BCUT2D eigenvalue weighted by molar-refractivity contribution is 5.67. The Morgan fingerprint density at radius 2 is 1.14 bits per heavy atom. The number of rotatable bonds is 9. The molecule has 4 N–H and O–H groups in total. The summed E-state index contributed by atoms with van der Waals surface area (Å²) >= 11 is 0. The highest BCUT2D eigenvalue weighted by Gasteiger charge is 1.96. The minimum Gasteiger partial charge on any atom is -0.481 e. The molecule has 0 aliphatic rings. The van der Waals surface area contributed by atoms with Crippen molar-refractivity contribution in [3.8, 4) is 0 Å². The van der Waals surface area contributed by atoms with Gasteiger partial charge in [-0.2, -0.15) is 0 Å². The molecule has 0 unspecified atom stereocenters. The predicted molar refractivity (Wildman–Crippen MR) is 50.2 cm³/mol. The van der Waals surface area contributed by atoms with E-state index >= 15 is 0 Å². The molecule has 0 aromatic rings. The van der Waals surface area contributed by atoms with Crippen LogP contribution in [0.4, 0.5) is 0 Å². The first-order chi connectivity index (χ1) is 6.63. The Kier molecular flexibility index (Phi) is 7.77. The predicted octanol–water partition coefficient (Wildman–Crippen LogP) is -0.885. The lowest BCUT2D eigenvalue weighted by Gasteiger charge is -2.03. The Morgan fingerprint density at radius 1 is 0.786 bits per heavy atom. The van der Waals surface area contributed by atoms with Gasteiger partial charge in [-0.15, -0.1) is 0 Å². The van der Waals surface area contributed by atoms with Crippen molar-refractivity contribution in [1.29, 1.82) is 0 Å². The SMILES string of the molecule is O=C(O)CCNCCNCCC(=O)O. The van der Waals surface area contributed by atoms with Crippen LogP contribution in [0.5, 0.6) is 0 Å². The molecule has 0 bridgehead atoms. The molecule has 0 aromatic carbocycles. The van der Waals surface area contributed by atoms with Gasteiger partial charge in [-0.3, -0.25) is 9.59 Å². The Balaban J connectivity index is 2.99. The van der Waals surface area contributed by atoms with Crippen LogP contribution < -0.4 is 10.6 Å². The van der Waals surface area contributed by atoms with Gasteiger partial charge in [-0.25, -0.2) is 0 Å². The van der Waals surface area contributed by atoms with E-state index in [9.17, 15) is 9.59 Å². The first kappa shape index (κ1) is 12.9. The smallest absolute Gasteiger partial charge is 0.304 e. The standard InChI is InChI=1S/C8H16N2O4/c11-7(12)1-3-9-5-6-10-4-2-8(13)14/h9-10H,1-6H2,(H,11,12)(H,13,14). The molecule has 82 valence electrons. The topological polar surface area (TPSA) is 98.7 Å². The molecule has 0 aromatic heterocycles. The third-order valence-electron chi connectivity index (χ3n) is 1.51. The van der Waals surface area contributed by atoms with Gasteiger partial charge in [-0.05, 0) is 0 Å². The molecule has 0 rings (SSSR count). The molecule has 14 heavy (non-hydrogen) atoms. The van der Waals surface area contributed by atoms with Crippen molar-refractivity contribution in [2.24, 2.45) is 0 Å². The Labute approximate surface area is 82.3 Å². The molecule has 0 atom stereocenters. The maximum atomic E-state index is 10.1. The van der Waals surface area contributed by atoms with Gasteiger partial charge >= 0.3 is 11.9 Å². The van der Waals surface area contributed by atoms with Gasteiger partial charge in [0.05, 0.1) is 12.8 Å². The number of aliphatic carboxylic acids is 2. The van der Waals surface area contributed by atoms with E-state index in [0.717, 1.165) is 0 Å².